The van der Waals surface area contributed by atoms with Crippen molar-refractivity contribution in [2.75, 3.05) is 26.8 Å². The first-order valence-electron chi connectivity index (χ1n) is 12.1. The summed E-state index contributed by atoms with van der Waals surface area (Å²) < 4.78 is 7.00. The molecule has 6 nitrogen and oxygen atoms in total. The van der Waals surface area contributed by atoms with Crippen LogP contribution in [0.15, 0.2) is 47.3 Å². The molecule has 1 aliphatic heterocycles. The maximum atomic E-state index is 13.2. The molecular weight excluding hydrogens is 446 g/mol. The smallest absolute Gasteiger partial charge is 0.262 e. The quantitative estimate of drug-likeness (QED) is 0.369. The Hall–Kier alpha value is -2.77. The standard InChI is InChI=1S/C27H33N3O3S/c1-19-4-6-20(7-5-19)8-9-21-12-15-29(16-13-21)25(31)22-10-11-23-24(18-22)28-27(34)30(26(23)32)14-3-17-33-2/h4-7,10-11,18,21H,3,8-9,12-17H2,1-2H3,(H,28,34). The zero-order valence-electron chi connectivity index (χ0n) is 20.0. The first-order valence-corrected chi connectivity index (χ1v) is 12.5. The molecule has 34 heavy (non-hydrogen) atoms. The fourth-order valence-electron chi connectivity index (χ4n) is 4.69. The molecule has 1 fully saturated rings. The first-order chi connectivity index (χ1) is 16.5. The van der Waals surface area contributed by atoms with Crippen molar-refractivity contribution in [1.82, 2.24) is 14.5 Å². The molecule has 7 heteroatoms. The van der Waals surface area contributed by atoms with Gasteiger partial charge in [0.05, 0.1) is 10.9 Å². The lowest BCUT2D eigenvalue weighted by Crippen LogP contribution is -2.38. The summed E-state index contributed by atoms with van der Waals surface area (Å²) in [4.78, 5) is 31.1. The molecule has 4 rings (SSSR count). The van der Waals surface area contributed by atoms with Crippen LogP contribution in [0.25, 0.3) is 10.9 Å². The third-order valence-corrected chi connectivity index (χ3v) is 7.15. The van der Waals surface area contributed by atoms with Crippen LogP contribution in [0.5, 0.6) is 0 Å². The van der Waals surface area contributed by atoms with Gasteiger partial charge in [0.25, 0.3) is 11.5 Å². The Morgan fingerprint density at radius 1 is 1.15 bits per heavy atom. The fraction of sp³-hybridized carbons (Fsp3) is 0.444. The number of likely N-dealkylation sites (tertiary alicyclic amines) is 1. The van der Waals surface area contributed by atoms with E-state index >= 15 is 0 Å². The molecule has 0 saturated carbocycles. The molecule has 1 amide bonds. The average Bonchev–Trinajstić information content (AvgIpc) is 2.85. The normalized spacial score (nSPS) is 14.6. The predicted molar refractivity (Wildman–Crippen MR) is 138 cm³/mol. The summed E-state index contributed by atoms with van der Waals surface area (Å²) in [5.74, 6) is 0.664. The maximum absolute atomic E-state index is 13.2. The summed E-state index contributed by atoms with van der Waals surface area (Å²) in [5.41, 5.74) is 3.74. The van der Waals surface area contributed by atoms with Gasteiger partial charge in [-0.05, 0) is 80.9 Å². The van der Waals surface area contributed by atoms with Crippen LogP contribution in [0.2, 0.25) is 0 Å². The van der Waals surface area contributed by atoms with E-state index in [1.165, 1.54) is 11.1 Å². The van der Waals surface area contributed by atoms with Crippen molar-refractivity contribution in [2.24, 2.45) is 5.92 Å². The van der Waals surface area contributed by atoms with Crippen LogP contribution in [0.1, 0.15) is 47.2 Å². The van der Waals surface area contributed by atoms with Crippen LogP contribution >= 0.6 is 12.2 Å². The third kappa shape index (κ3) is 5.65. The van der Waals surface area contributed by atoms with Gasteiger partial charge in [-0.15, -0.1) is 0 Å². The lowest BCUT2D eigenvalue weighted by molar-refractivity contribution is 0.0687. The highest BCUT2D eigenvalue weighted by molar-refractivity contribution is 7.71. The van der Waals surface area contributed by atoms with Gasteiger partial charge in [0.15, 0.2) is 4.77 Å². The van der Waals surface area contributed by atoms with Crippen molar-refractivity contribution < 1.29 is 9.53 Å². The summed E-state index contributed by atoms with van der Waals surface area (Å²) in [6.45, 7) is 4.71. The fourth-order valence-corrected chi connectivity index (χ4v) is 4.97. The second-order valence-corrected chi connectivity index (χ2v) is 9.64. The van der Waals surface area contributed by atoms with E-state index in [1.54, 1.807) is 29.9 Å². The van der Waals surface area contributed by atoms with E-state index in [0.717, 1.165) is 38.8 Å². The number of hydrogen-bond acceptors (Lipinski definition) is 4. The van der Waals surface area contributed by atoms with Gasteiger partial charge in [0.1, 0.15) is 0 Å². The van der Waals surface area contributed by atoms with Crippen LogP contribution < -0.4 is 5.56 Å². The second kappa shape index (κ2) is 11.1. The molecule has 1 saturated heterocycles. The van der Waals surface area contributed by atoms with E-state index in [4.69, 9.17) is 17.0 Å². The van der Waals surface area contributed by atoms with Gasteiger partial charge in [-0.25, -0.2) is 0 Å². The highest BCUT2D eigenvalue weighted by Gasteiger charge is 2.24. The number of benzene rings is 2. The summed E-state index contributed by atoms with van der Waals surface area (Å²) in [6.07, 6.45) is 5.01. The molecule has 0 bridgehead atoms. The van der Waals surface area contributed by atoms with E-state index < -0.39 is 0 Å². The lowest BCUT2D eigenvalue weighted by Gasteiger charge is -2.32. The Bertz CT molecular complexity index is 1250. The van der Waals surface area contributed by atoms with Crippen LogP contribution in [0.3, 0.4) is 0 Å². The molecule has 1 N–H and O–H groups in total. The Labute approximate surface area is 205 Å². The van der Waals surface area contributed by atoms with Crippen molar-refractivity contribution in [3.8, 4) is 0 Å². The highest BCUT2D eigenvalue weighted by Crippen LogP contribution is 2.24. The number of hydrogen-bond donors (Lipinski definition) is 1. The molecule has 1 aliphatic rings. The van der Waals surface area contributed by atoms with Crippen molar-refractivity contribution in [2.45, 2.75) is 45.6 Å². The van der Waals surface area contributed by atoms with Gasteiger partial charge < -0.3 is 14.6 Å². The number of piperidine rings is 1. The number of carbonyl (C=O) groups excluding carboxylic acids is 1. The van der Waals surface area contributed by atoms with Crippen LogP contribution in [-0.4, -0.2) is 47.2 Å². The van der Waals surface area contributed by atoms with E-state index in [1.807, 2.05) is 4.90 Å². The first kappa shape index (κ1) is 24.4. The second-order valence-electron chi connectivity index (χ2n) is 9.25. The average molecular weight is 480 g/mol. The number of methoxy groups -OCH3 is 1. The highest BCUT2D eigenvalue weighted by atomic mass is 32.1. The minimum absolute atomic E-state index is 0.0162. The van der Waals surface area contributed by atoms with Crippen molar-refractivity contribution in [3.63, 3.8) is 0 Å². The third-order valence-electron chi connectivity index (χ3n) is 6.82. The van der Waals surface area contributed by atoms with Gasteiger partial charge in [-0.2, -0.15) is 0 Å². The van der Waals surface area contributed by atoms with Crippen molar-refractivity contribution >= 4 is 29.0 Å². The van der Waals surface area contributed by atoms with E-state index in [9.17, 15) is 9.59 Å². The molecular formula is C27H33N3O3S. The van der Waals surface area contributed by atoms with Crippen LogP contribution in [-0.2, 0) is 17.7 Å². The molecule has 2 aromatic carbocycles. The van der Waals surface area contributed by atoms with Crippen LogP contribution in [0, 0.1) is 17.6 Å². The molecule has 0 atom stereocenters. The van der Waals surface area contributed by atoms with Crippen molar-refractivity contribution in [1.29, 1.82) is 0 Å². The molecule has 0 aliphatic carbocycles. The number of aromatic nitrogens is 2. The number of nitrogens with one attached hydrogen (secondary N) is 1. The molecule has 0 unspecified atom stereocenters. The maximum Gasteiger partial charge on any atom is 0.262 e. The number of nitrogens with zero attached hydrogens (tertiary/aromatic N) is 2. The number of aromatic amines is 1. The van der Waals surface area contributed by atoms with E-state index in [0.29, 0.717) is 46.7 Å². The zero-order valence-corrected chi connectivity index (χ0v) is 20.8. The summed E-state index contributed by atoms with van der Waals surface area (Å²) >= 11 is 5.40. The zero-order chi connectivity index (χ0) is 24.1. The molecule has 1 aromatic heterocycles. The summed E-state index contributed by atoms with van der Waals surface area (Å²) in [7, 11) is 1.64. The molecule has 0 radical (unpaired) electrons. The monoisotopic (exact) mass is 479 g/mol. The number of carbonyl (C=O) groups is 1. The van der Waals surface area contributed by atoms with Gasteiger partial charge in [-0.1, -0.05) is 29.8 Å². The Morgan fingerprint density at radius 2 is 1.88 bits per heavy atom. The van der Waals surface area contributed by atoms with Gasteiger partial charge in [-0.3, -0.25) is 14.2 Å². The van der Waals surface area contributed by atoms with Gasteiger partial charge in [0.2, 0.25) is 0 Å². The number of fused-ring (bicyclic) bond motifs is 1. The molecule has 0 spiro atoms. The van der Waals surface area contributed by atoms with Gasteiger partial charge in [0, 0.05) is 38.9 Å². The minimum Gasteiger partial charge on any atom is -0.385 e. The molecule has 2 heterocycles. The van der Waals surface area contributed by atoms with Crippen LogP contribution in [0.4, 0.5) is 0 Å². The summed E-state index contributed by atoms with van der Waals surface area (Å²) in [6, 6.07) is 14.0. The Kier molecular flexibility index (Phi) is 7.95. The largest absolute Gasteiger partial charge is 0.385 e. The summed E-state index contributed by atoms with van der Waals surface area (Å²) in [5, 5.41) is 0.539. The SMILES string of the molecule is COCCCn1c(=S)[nH]c2cc(C(=O)N3CCC(CCc4ccc(C)cc4)CC3)ccc2c1=O. The number of H-pyrrole nitrogens is 1. The Balaban J connectivity index is 1.39. The number of amides is 1. The Morgan fingerprint density at radius 3 is 2.59 bits per heavy atom. The molecule has 180 valence electrons. The van der Waals surface area contributed by atoms with Gasteiger partial charge >= 0.3 is 0 Å². The van der Waals surface area contributed by atoms with Crippen molar-refractivity contribution in [3.05, 3.63) is 74.3 Å². The van der Waals surface area contributed by atoms with E-state index in [2.05, 4.69) is 36.2 Å². The predicted octanol–water partition coefficient (Wildman–Crippen LogP) is 4.89. The number of ether oxygens (including phenoxy) is 1. The molecule has 3 aromatic rings. The van der Waals surface area contributed by atoms with E-state index in [-0.39, 0.29) is 11.5 Å². The topological polar surface area (TPSA) is 67.3 Å². The number of aryl methyl sites for hydroxylation is 2. The lowest BCUT2D eigenvalue weighted by atomic mass is 9.90. The number of rotatable bonds is 8. The minimum atomic E-state index is -0.136.